The van der Waals surface area contributed by atoms with Gasteiger partial charge in [0.1, 0.15) is 0 Å². The number of benzene rings is 1. The van der Waals surface area contributed by atoms with Crippen LogP contribution in [0.3, 0.4) is 0 Å². The second-order valence-corrected chi connectivity index (χ2v) is 12.9. The Hall–Kier alpha value is -2.31. The third-order valence-corrected chi connectivity index (χ3v) is 9.06. The van der Waals surface area contributed by atoms with Crippen molar-refractivity contribution in [2.24, 2.45) is 27.7 Å². The van der Waals surface area contributed by atoms with Gasteiger partial charge in [-0.15, -0.1) is 12.6 Å². The van der Waals surface area contributed by atoms with Gasteiger partial charge in [-0.25, -0.2) is 0 Å². The fourth-order valence-electron chi connectivity index (χ4n) is 6.95. The summed E-state index contributed by atoms with van der Waals surface area (Å²) >= 11 is 4.75. The molecule has 0 heterocycles. The molecule has 2 aliphatic rings. The average molecular weight is 529 g/mol. The monoisotopic (exact) mass is 528 g/mol. The molecule has 38 heavy (non-hydrogen) atoms. The molecule has 3 rings (SSSR count). The van der Waals surface area contributed by atoms with Crippen LogP contribution in [0.2, 0.25) is 0 Å². The Bertz CT molecular complexity index is 1180. The first kappa shape index (κ1) is 30.2. The highest BCUT2D eigenvalue weighted by molar-refractivity contribution is 7.84. The van der Waals surface area contributed by atoms with Gasteiger partial charge >= 0.3 is 0 Å². The van der Waals surface area contributed by atoms with Crippen molar-refractivity contribution in [2.75, 3.05) is 0 Å². The Kier molecular flexibility index (Phi) is 10.5. The van der Waals surface area contributed by atoms with E-state index in [4.69, 9.17) is 22.9 Å². The number of allylic oxidation sites excluding steroid dienone is 8. The number of nitrogens with zero attached hydrogens (tertiary/aromatic N) is 2. The molecule has 0 amide bonds. The van der Waals surface area contributed by atoms with E-state index >= 15 is 0 Å². The molecule has 3 unspecified atom stereocenters. The quantitative estimate of drug-likeness (QED) is 0.132. The summed E-state index contributed by atoms with van der Waals surface area (Å²) in [6.07, 6.45) is 19.7. The SMILES string of the molecule is C/C=C(\C(=C/C=Nc1ccc(/C(CC(C)(C)C=CC#N)=C(/C)S)cc1CCC)CC)C12CCC1CC(C)C2. The smallest absolute Gasteiger partial charge is 0.0908 e. The molecule has 204 valence electrons. The zero-order valence-electron chi connectivity index (χ0n) is 24.8. The van der Waals surface area contributed by atoms with E-state index in [1.54, 1.807) is 11.6 Å². The minimum atomic E-state index is -0.126. The molecule has 2 aliphatic carbocycles. The van der Waals surface area contributed by atoms with Crippen molar-refractivity contribution < 1.29 is 0 Å². The second-order valence-electron chi connectivity index (χ2n) is 12.2. The number of rotatable bonds is 11. The summed E-state index contributed by atoms with van der Waals surface area (Å²) in [7, 11) is 0. The van der Waals surface area contributed by atoms with Gasteiger partial charge in [0.15, 0.2) is 0 Å². The van der Waals surface area contributed by atoms with Gasteiger partial charge in [0.05, 0.1) is 11.8 Å². The predicted molar refractivity (Wildman–Crippen MR) is 169 cm³/mol. The molecular formula is C35H48N2S. The zero-order valence-corrected chi connectivity index (χ0v) is 25.7. The van der Waals surface area contributed by atoms with Gasteiger partial charge in [0.2, 0.25) is 0 Å². The third-order valence-electron chi connectivity index (χ3n) is 8.79. The van der Waals surface area contributed by atoms with E-state index < -0.39 is 0 Å². The standard InChI is InChI=1S/C35H48N2S/c1-8-12-29-22-28(31(26(5)38)24-34(6,7)17-11-19-36)13-14-33(29)37-20-16-27(9-2)32(10-3)35-18-15-30(35)21-25(4)23-35/h10-11,13-14,16-17,20,22,25,30,38H,8-9,12,15,18,21,23-24H2,1-7H3/b17-11?,27-16-,31-26-,32-10+,37-20?. The van der Waals surface area contributed by atoms with Gasteiger partial charge in [-0.1, -0.05) is 59.3 Å². The number of hydrogen-bond donors (Lipinski definition) is 1. The zero-order chi connectivity index (χ0) is 27.9. The van der Waals surface area contributed by atoms with E-state index in [-0.39, 0.29) is 5.41 Å². The number of aliphatic imine (C=N–C) groups is 1. The van der Waals surface area contributed by atoms with Crippen LogP contribution in [0.4, 0.5) is 5.69 Å². The molecule has 0 bridgehead atoms. The molecule has 1 aromatic rings. The van der Waals surface area contributed by atoms with Crippen LogP contribution < -0.4 is 0 Å². The summed E-state index contributed by atoms with van der Waals surface area (Å²) in [6.45, 7) is 15.6. The molecule has 3 atom stereocenters. The first-order valence-corrected chi connectivity index (χ1v) is 15.0. The summed E-state index contributed by atoms with van der Waals surface area (Å²) < 4.78 is 0. The Morgan fingerprint density at radius 2 is 2.05 bits per heavy atom. The maximum Gasteiger partial charge on any atom is 0.0908 e. The lowest BCUT2D eigenvalue weighted by atomic mass is 9.56. The van der Waals surface area contributed by atoms with Gasteiger partial charge in [0.25, 0.3) is 0 Å². The molecular weight excluding hydrogens is 480 g/mol. The van der Waals surface area contributed by atoms with E-state index in [0.29, 0.717) is 5.41 Å². The normalized spacial score (nSPS) is 24.9. The molecule has 2 fully saturated rings. The minimum absolute atomic E-state index is 0.126. The van der Waals surface area contributed by atoms with Crippen LogP contribution in [0, 0.1) is 34.0 Å². The molecule has 1 aromatic carbocycles. The lowest BCUT2D eigenvalue weighted by Gasteiger charge is -2.48. The van der Waals surface area contributed by atoms with E-state index in [1.807, 2.05) is 12.3 Å². The number of thiol groups is 1. The largest absolute Gasteiger partial charge is 0.257 e. The van der Waals surface area contributed by atoms with E-state index in [9.17, 15) is 0 Å². The van der Waals surface area contributed by atoms with Crippen LogP contribution in [0.5, 0.6) is 0 Å². The maximum atomic E-state index is 8.99. The van der Waals surface area contributed by atoms with Gasteiger partial charge in [-0.2, -0.15) is 5.26 Å². The van der Waals surface area contributed by atoms with Crippen LogP contribution in [-0.2, 0) is 6.42 Å². The van der Waals surface area contributed by atoms with Crippen molar-refractivity contribution in [1.29, 1.82) is 5.26 Å². The molecule has 3 heteroatoms. The fourth-order valence-corrected chi connectivity index (χ4v) is 7.16. The highest BCUT2D eigenvalue weighted by Gasteiger charge is 2.54. The van der Waals surface area contributed by atoms with Crippen molar-refractivity contribution in [2.45, 2.75) is 99.8 Å². The van der Waals surface area contributed by atoms with Gasteiger partial charge in [-0.05, 0) is 132 Å². The lowest BCUT2D eigenvalue weighted by Crippen LogP contribution is -2.38. The van der Waals surface area contributed by atoms with Crippen LogP contribution in [0.1, 0.15) is 105 Å². The highest BCUT2D eigenvalue weighted by Crippen LogP contribution is 2.64. The predicted octanol–water partition coefficient (Wildman–Crippen LogP) is 10.6. The Morgan fingerprint density at radius 1 is 1.29 bits per heavy atom. The van der Waals surface area contributed by atoms with Crippen molar-refractivity contribution >= 4 is 30.1 Å². The summed E-state index contributed by atoms with van der Waals surface area (Å²) in [5.41, 5.74) is 8.08. The molecule has 2 saturated carbocycles. The number of nitriles is 1. The molecule has 2 nitrogen and oxygen atoms in total. The van der Waals surface area contributed by atoms with Crippen molar-refractivity contribution in [1.82, 2.24) is 0 Å². The van der Waals surface area contributed by atoms with Crippen molar-refractivity contribution in [3.63, 3.8) is 0 Å². The van der Waals surface area contributed by atoms with E-state index in [0.717, 1.165) is 48.1 Å². The maximum absolute atomic E-state index is 8.99. The van der Waals surface area contributed by atoms with Gasteiger partial charge < -0.3 is 0 Å². The molecule has 0 N–H and O–H groups in total. The Morgan fingerprint density at radius 3 is 2.61 bits per heavy atom. The number of fused-ring (bicyclic) bond motifs is 1. The molecule has 0 saturated heterocycles. The summed E-state index contributed by atoms with van der Waals surface area (Å²) in [5.74, 6) is 1.71. The van der Waals surface area contributed by atoms with Crippen molar-refractivity contribution in [3.05, 3.63) is 69.7 Å². The molecule has 0 radical (unpaired) electrons. The molecule has 0 spiro atoms. The summed E-state index contributed by atoms with van der Waals surface area (Å²) in [5, 5.41) is 8.99. The number of aryl methyl sites for hydroxylation is 1. The first-order chi connectivity index (χ1) is 18.1. The molecule has 0 aliphatic heterocycles. The van der Waals surface area contributed by atoms with Gasteiger partial charge in [0, 0.05) is 12.3 Å². The number of hydrogen-bond acceptors (Lipinski definition) is 3. The Balaban J connectivity index is 1.89. The summed E-state index contributed by atoms with van der Waals surface area (Å²) in [6, 6.07) is 8.78. The van der Waals surface area contributed by atoms with Crippen LogP contribution in [0.15, 0.2) is 63.5 Å². The Labute approximate surface area is 238 Å². The van der Waals surface area contributed by atoms with Crippen molar-refractivity contribution in [3.8, 4) is 6.07 Å². The van der Waals surface area contributed by atoms with Crippen LogP contribution >= 0.6 is 12.6 Å². The minimum Gasteiger partial charge on any atom is -0.257 e. The average Bonchev–Trinajstić information content (AvgIpc) is 3.10. The lowest BCUT2D eigenvalue weighted by molar-refractivity contribution is 0.111. The van der Waals surface area contributed by atoms with E-state index in [2.05, 4.69) is 84.9 Å². The topological polar surface area (TPSA) is 36.1 Å². The molecule has 0 aromatic heterocycles. The highest BCUT2D eigenvalue weighted by atomic mass is 32.1. The second kappa shape index (κ2) is 13.2. The fraction of sp³-hybridized carbons (Fsp3) is 0.543. The van der Waals surface area contributed by atoms with Crippen LogP contribution in [0.25, 0.3) is 5.57 Å². The summed E-state index contributed by atoms with van der Waals surface area (Å²) in [4.78, 5) is 6.00. The van der Waals surface area contributed by atoms with E-state index in [1.165, 1.54) is 48.0 Å². The van der Waals surface area contributed by atoms with Gasteiger partial charge in [-0.3, -0.25) is 4.99 Å². The third kappa shape index (κ3) is 6.81. The first-order valence-electron chi connectivity index (χ1n) is 14.6. The van der Waals surface area contributed by atoms with Crippen LogP contribution in [-0.4, -0.2) is 6.21 Å².